The summed E-state index contributed by atoms with van der Waals surface area (Å²) in [6.45, 7) is 2.73. The lowest BCUT2D eigenvalue weighted by Crippen LogP contribution is -2.49. The number of halogens is 1. The number of hydrogen-bond acceptors (Lipinski definition) is 2. The third kappa shape index (κ3) is 4.38. The van der Waals surface area contributed by atoms with Crippen LogP contribution in [0.1, 0.15) is 50.6 Å². The second-order valence-corrected chi connectivity index (χ2v) is 6.32. The van der Waals surface area contributed by atoms with Crippen molar-refractivity contribution in [2.45, 2.75) is 51.1 Å². The number of rotatable bonds is 6. The molecule has 1 saturated heterocycles. The summed E-state index contributed by atoms with van der Waals surface area (Å²) >= 11 is 6.29. The van der Waals surface area contributed by atoms with Crippen molar-refractivity contribution in [2.24, 2.45) is 5.73 Å². The van der Waals surface area contributed by atoms with E-state index in [1.807, 2.05) is 36.1 Å². The van der Waals surface area contributed by atoms with Crippen LogP contribution < -0.4 is 11.1 Å². The van der Waals surface area contributed by atoms with Crippen LogP contribution in [0.3, 0.4) is 0 Å². The molecule has 3 N–H and O–H groups in total. The van der Waals surface area contributed by atoms with E-state index in [4.69, 9.17) is 17.3 Å². The minimum absolute atomic E-state index is 0.0324. The van der Waals surface area contributed by atoms with Gasteiger partial charge in [-0.05, 0) is 30.9 Å². The SMILES string of the molecule is CCCC[C@@H](NC(N)=O)C(=O)N1CCC[C@H]1c1ccccc1Cl. The summed E-state index contributed by atoms with van der Waals surface area (Å²) in [7, 11) is 0. The standard InChI is InChI=1S/C17H24ClN3O2/c1-2-3-9-14(20-17(19)23)16(22)21-11-6-10-15(21)12-7-4-5-8-13(12)18/h4-5,7-8,14-15H,2-3,6,9-11H2,1H3,(H3,19,20,23)/t14-,15+/m1/s1. The van der Waals surface area contributed by atoms with Gasteiger partial charge in [-0.3, -0.25) is 4.79 Å². The summed E-state index contributed by atoms with van der Waals surface area (Å²) in [5.41, 5.74) is 6.20. The van der Waals surface area contributed by atoms with E-state index in [1.165, 1.54) is 0 Å². The van der Waals surface area contributed by atoms with Crippen molar-refractivity contribution in [3.63, 3.8) is 0 Å². The van der Waals surface area contributed by atoms with Gasteiger partial charge in [-0.25, -0.2) is 4.79 Å². The maximum atomic E-state index is 12.9. The highest BCUT2D eigenvalue weighted by Gasteiger charge is 2.34. The Morgan fingerprint density at radius 3 is 2.83 bits per heavy atom. The maximum absolute atomic E-state index is 12.9. The molecule has 0 spiro atoms. The lowest BCUT2D eigenvalue weighted by molar-refractivity contribution is -0.134. The number of nitrogens with zero attached hydrogens (tertiary/aromatic N) is 1. The molecule has 0 aliphatic carbocycles. The maximum Gasteiger partial charge on any atom is 0.312 e. The molecule has 0 unspecified atom stereocenters. The van der Waals surface area contributed by atoms with E-state index in [1.54, 1.807) is 0 Å². The average molecular weight is 338 g/mol. The fourth-order valence-electron chi connectivity index (χ4n) is 3.14. The molecule has 2 rings (SSSR count). The number of benzene rings is 1. The Kier molecular flexibility index (Phi) is 6.28. The monoisotopic (exact) mass is 337 g/mol. The average Bonchev–Trinajstić information content (AvgIpc) is 3.00. The summed E-state index contributed by atoms with van der Waals surface area (Å²) in [5, 5.41) is 3.26. The molecule has 3 amide bonds. The third-order valence-corrected chi connectivity index (χ3v) is 4.61. The zero-order valence-electron chi connectivity index (χ0n) is 13.4. The molecule has 0 saturated carbocycles. The first-order valence-corrected chi connectivity index (χ1v) is 8.53. The van der Waals surface area contributed by atoms with Crippen LogP contribution in [-0.2, 0) is 4.79 Å². The molecule has 1 heterocycles. The normalized spacial score (nSPS) is 18.7. The van der Waals surface area contributed by atoms with E-state index in [0.29, 0.717) is 18.0 Å². The van der Waals surface area contributed by atoms with Crippen molar-refractivity contribution in [3.8, 4) is 0 Å². The first-order chi connectivity index (χ1) is 11.0. The largest absolute Gasteiger partial charge is 0.352 e. The molecule has 1 aliphatic rings. The van der Waals surface area contributed by atoms with Crippen molar-refractivity contribution in [2.75, 3.05) is 6.54 Å². The van der Waals surface area contributed by atoms with Crippen LogP contribution in [-0.4, -0.2) is 29.4 Å². The van der Waals surface area contributed by atoms with Crippen molar-refractivity contribution >= 4 is 23.5 Å². The molecule has 1 aromatic carbocycles. The quantitative estimate of drug-likeness (QED) is 0.836. The van der Waals surface area contributed by atoms with E-state index in [0.717, 1.165) is 31.2 Å². The molecule has 126 valence electrons. The Morgan fingerprint density at radius 1 is 1.43 bits per heavy atom. The van der Waals surface area contributed by atoms with E-state index in [9.17, 15) is 9.59 Å². The van der Waals surface area contributed by atoms with Crippen LogP contribution >= 0.6 is 11.6 Å². The number of carbonyl (C=O) groups is 2. The predicted molar refractivity (Wildman–Crippen MR) is 91.2 cm³/mol. The van der Waals surface area contributed by atoms with Gasteiger partial charge in [0.05, 0.1) is 6.04 Å². The minimum Gasteiger partial charge on any atom is -0.352 e. The number of urea groups is 1. The van der Waals surface area contributed by atoms with Crippen LogP contribution in [0, 0.1) is 0 Å². The third-order valence-electron chi connectivity index (χ3n) is 4.26. The highest BCUT2D eigenvalue weighted by atomic mass is 35.5. The highest BCUT2D eigenvalue weighted by Crippen LogP contribution is 2.36. The van der Waals surface area contributed by atoms with Crippen molar-refractivity contribution in [1.29, 1.82) is 0 Å². The van der Waals surface area contributed by atoms with Gasteiger partial charge in [0, 0.05) is 11.6 Å². The van der Waals surface area contributed by atoms with Gasteiger partial charge in [-0.1, -0.05) is 49.6 Å². The molecule has 0 bridgehead atoms. The zero-order valence-corrected chi connectivity index (χ0v) is 14.2. The number of nitrogens with one attached hydrogen (secondary N) is 1. The van der Waals surface area contributed by atoms with Gasteiger partial charge in [-0.2, -0.15) is 0 Å². The molecule has 1 aromatic rings. The molecule has 2 atom stereocenters. The first-order valence-electron chi connectivity index (χ1n) is 8.15. The Bertz CT molecular complexity index is 565. The topological polar surface area (TPSA) is 75.4 Å². The number of primary amides is 1. The Balaban J connectivity index is 2.18. The van der Waals surface area contributed by atoms with Gasteiger partial charge in [-0.15, -0.1) is 0 Å². The van der Waals surface area contributed by atoms with Crippen LogP contribution in [0.4, 0.5) is 4.79 Å². The van der Waals surface area contributed by atoms with Gasteiger partial charge < -0.3 is 16.0 Å². The van der Waals surface area contributed by atoms with Crippen LogP contribution in [0.25, 0.3) is 0 Å². The molecule has 23 heavy (non-hydrogen) atoms. The molecule has 0 radical (unpaired) electrons. The number of unbranched alkanes of at least 4 members (excludes halogenated alkanes) is 1. The second kappa shape index (κ2) is 8.20. The predicted octanol–water partition coefficient (Wildman–Crippen LogP) is 3.23. The molecule has 0 aromatic heterocycles. The van der Waals surface area contributed by atoms with Gasteiger partial charge in [0.15, 0.2) is 0 Å². The first kappa shape index (κ1) is 17.6. The number of hydrogen-bond donors (Lipinski definition) is 2. The van der Waals surface area contributed by atoms with Crippen LogP contribution in [0.2, 0.25) is 5.02 Å². The minimum atomic E-state index is -0.659. The second-order valence-electron chi connectivity index (χ2n) is 5.91. The number of amides is 3. The summed E-state index contributed by atoms with van der Waals surface area (Å²) in [5.74, 6) is -0.0698. The highest BCUT2D eigenvalue weighted by molar-refractivity contribution is 6.31. The van der Waals surface area contributed by atoms with E-state index >= 15 is 0 Å². The molecule has 1 fully saturated rings. The van der Waals surface area contributed by atoms with Gasteiger partial charge >= 0.3 is 6.03 Å². The van der Waals surface area contributed by atoms with Crippen molar-refractivity contribution in [1.82, 2.24) is 10.2 Å². The molecule has 1 aliphatic heterocycles. The number of likely N-dealkylation sites (tertiary alicyclic amines) is 1. The van der Waals surface area contributed by atoms with Gasteiger partial charge in [0.1, 0.15) is 6.04 Å². The Morgan fingerprint density at radius 2 is 2.17 bits per heavy atom. The zero-order chi connectivity index (χ0) is 16.8. The van der Waals surface area contributed by atoms with E-state index in [-0.39, 0.29) is 11.9 Å². The Hall–Kier alpha value is -1.75. The summed E-state index contributed by atoms with van der Waals surface area (Å²) in [6.07, 6.45) is 4.23. The Labute approximate surface area is 142 Å². The van der Waals surface area contributed by atoms with Crippen molar-refractivity contribution < 1.29 is 9.59 Å². The van der Waals surface area contributed by atoms with E-state index < -0.39 is 12.1 Å². The molecular weight excluding hydrogens is 314 g/mol. The fourth-order valence-corrected chi connectivity index (χ4v) is 3.40. The molecule has 6 heteroatoms. The summed E-state index contributed by atoms with van der Waals surface area (Å²) < 4.78 is 0. The fraction of sp³-hybridized carbons (Fsp3) is 0.529. The van der Waals surface area contributed by atoms with Crippen molar-refractivity contribution in [3.05, 3.63) is 34.9 Å². The van der Waals surface area contributed by atoms with Gasteiger partial charge in [0.25, 0.3) is 0 Å². The molecule has 5 nitrogen and oxygen atoms in total. The number of nitrogens with two attached hydrogens (primary N) is 1. The summed E-state index contributed by atoms with van der Waals surface area (Å²) in [4.78, 5) is 25.9. The summed E-state index contributed by atoms with van der Waals surface area (Å²) in [6, 6.07) is 6.36. The molecular formula is C17H24ClN3O2. The smallest absolute Gasteiger partial charge is 0.312 e. The van der Waals surface area contributed by atoms with Crippen LogP contribution in [0.5, 0.6) is 0 Å². The number of carbonyl (C=O) groups excluding carboxylic acids is 2. The van der Waals surface area contributed by atoms with Gasteiger partial charge in [0.2, 0.25) is 5.91 Å². The lowest BCUT2D eigenvalue weighted by Gasteiger charge is -2.29. The van der Waals surface area contributed by atoms with Crippen LogP contribution in [0.15, 0.2) is 24.3 Å². The van der Waals surface area contributed by atoms with E-state index in [2.05, 4.69) is 5.32 Å². The lowest BCUT2D eigenvalue weighted by atomic mass is 10.0.